The Morgan fingerprint density at radius 1 is 1.16 bits per heavy atom. The monoisotopic (exact) mass is 457 g/mol. The highest BCUT2D eigenvalue weighted by molar-refractivity contribution is 7.89. The first-order valence-electron chi connectivity index (χ1n) is 10.3. The number of nitrogens with zero attached hydrogens (tertiary/aromatic N) is 1. The van der Waals surface area contributed by atoms with Crippen LogP contribution in [0.3, 0.4) is 0 Å². The molecule has 8 nitrogen and oxygen atoms in total. The number of hydrogen-bond donors (Lipinski definition) is 3. The van der Waals surface area contributed by atoms with Crippen LogP contribution in [-0.2, 0) is 26.0 Å². The number of anilines is 1. The highest BCUT2D eigenvalue weighted by atomic mass is 32.2. The van der Waals surface area contributed by atoms with Gasteiger partial charge in [-0.05, 0) is 42.7 Å². The molecule has 0 aliphatic carbocycles. The molecule has 2 aromatic carbocycles. The number of aliphatic hydroxyl groups excluding tert-OH is 1. The van der Waals surface area contributed by atoms with Crippen molar-refractivity contribution in [1.29, 1.82) is 0 Å². The van der Waals surface area contributed by atoms with Gasteiger partial charge in [-0.15, -0.1) is 0 Å². The zero-order chi connectivity index (χ0) is 23.1. The summed E-state index contributed by atoms with van der Waals surface area (Å²) in [5, 5.41) is 15.1. The average Bonchev–Trinajstić information content (AvgIpc) is 3.22. The van der Waals surface area contributed by atoms with Crippen molar-refractivity contribution in [1.82, 2.24) is 9.62 Å². The van der Waals surface area contributed by atoms with Crippen molar-refractivity contribution in [2.24, 2.45) is 0 Å². The van der Waals surface area contributed by atoms with E-state index >= 15 is 0 Å². The van der Waals surface area contributed by atoms with Crippen molar-refractivity contribution in [3.63, 3.8) is 0 Å². The summed E-state index contributed by atoms with van der Waals surface area (Å²) in [4.78, 5) is 23.9. The van der Waals surface area contributed by atoms with E-state index in [1.165, 1.54) is 16.4 Å². The molecular weight excluding hydrogens is 430 g/mol. The van der Waals surface area contributed by atoms with Crippen molar-refractivity contribution >= 4 is 27.5 Å². The van der Waals surface area contributed by atoms with Crippen LogP contribution in [0.1, 0.15) is 18.4 Å². The number of sulfonamides is 1. The normalized spacial score (nSPS) is 18.8. The number of benzene rings is 2. The minimum absolute atomic E-state index is 0.00695. The van der Waals surface area contributed by atoms with Crippen LogP contribution in [-0.4, -0.2) is 54.9 Å². The first kappa shape index (κ1) is 23.6. The van der Waals surface area contributed by atoms with E-state index in [2.05, 4.69) is 17.2 Å². The maximum absolute atomic E-state index is 13.2. The van der Waals surface area contributed by atoms with Gasteiger partial charge in [0.15, 0.2) is 0 Å². The maximum atomic E-state index is 13.2. The van der Waals surface area contributed by atoms with Crippen molar-refractivity contribution in [2.75, 3.05) is 18.5 Å². The molecule has 0 spiro atoms. The van der Waals surface area contributed by atoms with E-state index in [4.69, 9.17) is 0 Å². The van der Waals surface area contributed by atoms with E-state index in [0.29, 0.717) is 18.5 Å². The predicted molar refractivity (Wildman–Crippen MR) is 121 cm³/mol. The maximum Gasteiger partial charge on any atom is 0.243 e. The topological polar surface area (TPSA) is 116 Å². The van der Waals surface area contributed by atoms with E-state index < -0.39 is 28.0 Å². The summed E-state index contributed by atoms with van der Waals surface area (Å²) in [6, 6.07) is 14.6. The lowest BCUT2D eigenvalue weighted by Crippen LogP contribution is -2.39. The quantitative estimate of drug-likeness (QED) is 0.496. The molecule has 0 radical (unpaired) electrons. The molecule has 0 aromatic heterocycles. The molecule has 32 heavy (non-hydrogen) atoms. The van der Waals surface area contributed by atoms with Gasteiger partial charge in [0.2, 0.25) is 21.8 Å². The Balaban J connectivity index is 1.69. The van der Waals surface area contributed by atoms with Crippen LogP contribution in [0, 0.1) is 0 Å². The summed E-state index contributed by atoms with van der Waals surface area (Å²) < 4.78 is 27.6. The Morgan fingerprint density at radius 3 is 2.59 bits per heavy atom. The molecule has 1 aliphatic heterocycles. The molecule has 2 aromatic rings. The first-order chi connectivity index (χ1) is 15.3. The number of amides is 2. The summed E-state index contributed by atoms with van der Waals surface area (Å²) in [5.41, 5.74) is 1.42. The molecule has 170 valence electrons. The van der Waals surface area contributed by atoms with Gasteiger partial charge in [0.1, 0.15) is 0 Å². The van der Waals surface area contributed by atoms with E-state index in [1.54, 1.807) is 12.1 Å². The zero-order valence-corrected chi connectivity index (χ0v) is 18.4. The highest BCUT2D eigenvalue weighted by Gasteiger charge is 2.40. The predicted octanol–water partition coefficient (Wildman–Crippen LogP) is 1.68. The third-order valence-corrected chi connectivity index (χ3v) is 7.23. The Labute approximate surface area is 188 Å². The Bertz CT molecular complexity index is 1070. The number of hydrogen-bond acceptors (Lipinski definition) is 5. The van der Waals surface area contributed by atoms with Crippen molar-refractivity contribution in [3.8, 4) is 0 Å². The fraction of sp³-hybridized carbons (Fsp3) is 0.304. The van der Waals surface area contributed by atoms with Gasteiger partial charge in [-0.2, -0.15) is 4.31 Å². The molecule has 1 aliphatic rings. The van der Waals surface area contributed by atoms with Gasteiger partial charge < -0.3 is 15.7 Å². The molecular formula is C23H27N3O5S. The molecule has 9 heteroatoms. The second-order valence-electron chi connectivity index (χ2n) is 7.62. The van der Waals surface area contributed by atoms with Crippen molar-refractivity contribution < 1.29 is 23.1 Å². The molecule has 3 N–H and O–H groups in total. The highest BCUT2D eigenvalue weighted by Crippen LogP contribution is 2.27. The standard InChI is InChI=1S/C23H27N3O5S/c1-2-22(28)25-19-13-20(16-27)26(15-19)32(30,31)21-10-6-9-18(14-21)24-23(29)12-11-17-7-4-3-5-8-17/h2-10,14,19-20,27H,1,11-13,15-16H2,(H,24,29)(H,25,28). The van der Waals surface area contributed by atoms with Crippen LogP contribution in [0.25, 0.3) is 0 Å². The van der Waals surface area contributed by atoms with Gasteiger partial charge in [0, 0.05) is 24.7 Å². The lowest BCUT2D eigenvalue weighted by molar-refractivity contribution is -0.117. The number of aryl methyl sites for hydroxylation is 1. The molecule has 2 amide bonds. The summed E-state index contributed by atoms with van der Waals surface area (Å²) in [6.45, 7) is 3.07. The van der Waals surface area contributed by atoms with Gasteiger partial charge in [-0.3, -0.25) is 9.59 Å². The second kappa shape index (κ2) is 10.5. The van der Waals surface area contributed by atoms with E-state index in [-0.39, 0.29) is 30.4 Å². The Morgan fingerprint density at radius 2 is 1.91 bits per heavy atom. The van der Waals surface area contributed by atoms with Crippen LogP contribution in [0.5, 0.6) is 0 Å². The van der Waals surface area contributed by atoms with Crippen LogP contribution >= 0.6 is 0 Å². The van der Waals surface area contributed by atoms with E-state index in [0.717, 1.165) is 11.6 Å². The number of aliphatic hydroxyl groups is 1. The zero-order valence-electron chi connectivity index (χ0n) is 17.6. The number of rotatable bonds is 9. The lowest BCUT2D eigenvalue weighted by Gasteiger charge is -2.22. The van der Waals surface area contributed by atoms with Gasteiger partial charge in [-0.1, -0.05) is 43.0 Å². The molecule has 1 heterocycles. The fourth-order valence-corrected chi connectivity index (χ4v) is 5.43. The summed E-state index contributed by atoms with van der Waals surface area (Å²) >= 11 is 0. The van der Waals surface area contributed by atoms with Crippen LogP contribution in [0.2, 0.25) is 0 Å². The number of carbonyl (C=O) groups excluding carboxylic acids is 2. The van der Waals surface area contributed by atoms with Gasteiger partial charge in [-0.25, -0.2) is 8.42 Å². The van der Waals surface area contributed by atoms with Crippen LogP contribution < -0.4 is 10.6 Å². The minimum Gasteiger partial charge on any atom is -0.395 e. The number of nitrogens with one attached hydrogen (secondary N) is 2. The molecule has 1 fully saturated rings. The number of carbonyl (C=O) groups is 2. The van der Waals surface area contributed by atoms with Gasteiger partial charge in [0.05, 0.1) is 17.5 Å². The molecule has 0 saturated carbocycles. The Kier molecular flexibility index (Phi) is 7.79. The summed E-state index contributed by atoms with van der Waals surface area (Å²) in [6.07, 6.45) is 2.26. The molecule has 3 rings (SSSR count). The molecule has 2 atom stereocenters. The summed E-state index contributed by atoms with van der Waals surface area (Å²) in [5.74, 6) is -0.615. The average molecular weight is 458 g/mol. The van der Waals surface area contributed by atoms with Crippen molar-refractivity contribution in [3.05, 3.63) is 72.8 Å². The smallest absolute Gasteiger partial charge is 0.243 e. The molecule has 1 saturated heterocycles. The van der Waals surface area contributed by atoms with E-state index in [9.17, 15) is 23.1 Å². The van der Waals surface area contributed by atoms with E-state index in [1.807, 2.05) is 30.3 Å². The first-order valence-corrected chi connectivity index (χ1v) is 11.8. The summed E-state index contributed by atoms with van der Waals surface area (Å²) in [7, 11) is -3.94. The largest absolute Gasteiger partial charge is 0.395 e. The SMILES string of the molecule is C=CC(=O)NC1CC(CO)N(S(=O)(=O)c2cccc(NC(=O)CCc3ccccc3)c2)C1. The van der Waals surface area contributed by atoms with Crippen LogP contribution in [0.4, 0.5) is 5.69 Å². The Hall–Kier alpha value is -3.01. The third kappa shape index (κ3) is 5.82. The molecule has 0 bridgehead atoms. The molecule has 2 unspecified atom stereocenters. The minimum atomic E-state index is -3.94. The van der Waals surface area contributed by atoms with Gasteiger partial charge in [0.25, 0.3) is 0 Å². The third-order valence-electron chi connectivity index (χ3n) is 5.31. The van der Waals surface area contributed by atoms with Crippen LogP contribution in [0.15, 0.2) is 72.1 Å². The fourth-order valence-electron chi connectivity index (χ4n) is 3.71. The van der Waals surface area contributed by atoms with Crippen molar-refractivity contribution in [2.45, 2.75) is 36.2 Å². The second-order valence-corrected chi connectivity index (χ2v) is 9.51. The van der Waals surface area contributed by atoms with Gasteiger partial charge >= 0.3 is 0 Å². The lowest BCUT2D eigenvalue weighted by atomic mass is 10.1.